The molecule has 2 rings (SSSR count). The lowest BCUT2D eigenvalue weighted by Gasteiger charge is -2.17. The number of anilines is 1. The minimum absolute atomic E-state index is 0.251. The number of carbonyl (C=O) groups excluding carboxylic acids is 2. The normalized spacial score (nSPS) is 11.7. The molecule has 1 atom stereocenters. The second kappa shape index (κ2) is 9.71. The molecule has 3 amide bonds. The van der Waals surface area contributed by atoms with E-state index in [1.165, 1.54) is 11.8 Å². The molecule has 5 nitrogen and oxygen atoms in total. The number of carbonyl (C=O) groups is 2. The van der Waals surface area contributed by atoms with Crippen LogP contribution in [0, 0.1) is 0 Å². The van der Waals surface area contributed by atoms with E-state index in [0.29, 0.717) is 21.5 Å². The molecule has 4 N–H and O–H groups in total. The first-order chi connectivity index (χ1) is 12.4. The molecule has 0 aliphatic rings. The minimum atomic E-state index is -0.351. The Hall–Kier alpha value is -1.89. The van der Waals surface area contributed by atoms with E-state index in [2.05, 4.69) is 10.6 Å². The van der Waals surface area contributed by atoms with E-state index >= 15 is 0 Å². The number of halogens is 2. The Kier molecular flexibility index (Phi) is 7.63. The molecule has 0 saturated carbocycles. The highest BCUT2D eigenvalue weighted by atomic mass is 35.5. The molecule has 0 aliphatic carbocycles. The molecule has 26 heavy (non-hydrogen) atoms. The lowest BCUT2D eigenvalue weighted by atomic mass is 10.1. The predicted molar refractivity (Wildman–Crippen MR) is 108 cm³/mol. The Morgan fingerprint density at radius 3 is 2.58 bits per heavy atom. The van der Waals surface area contributed by atoms with Crippen LogP contribution < -0.4 is 16.4 Å². The molecule has 138 valence electrons. The zero-order valence-electron chi connectivity index (χ0n) is 14.1. The smallest absolute Gasteiger partial charge is 0.319 e. The fraction of sp³-hybridized carbons (Fsp3) is 0.222. The maximum atomic E-state index is 12.3. The molecular formula is C18H19Cl2N3O2S. The van der Waals surface area contributed by atoms with Gasteiger partial charge in [-0.1, -0.05) is 41.4 Å². The summed E-state index contributed by atoms with van der Waals surface area (Å²) in [5.74, 6) is 0.200. The van der Waals surface area contributed by atoms with Crippen molar-refractivity contribution in [1.29, 1.82) is 0 Å². The van der Waals surface area contributed by atoms with E-state index in [4.69, 9.17) is 28.9 Å². The van der Waals surface area contributed by atoms with Crippen molar-refractivity contribution in [1.82, 2.24) is 5.32 Å². The largest absolute Gasteiger partial charge is 0.370 e. The van der Waals surface area contributed by atoms with Crippen molar-refractivity contribution < 1.29 is 9.59 Å². The first-order valence-electron chi connectivity index (χ1n) is 7.89. The fourth-order valence-corrected chi connectivity index (χ4v) is 3.46. The van der Waals surface area contributed by atoms with E-state index in [-0.39, 0.29) is 24.4 Å². The van der Waals surface area contributed by atoms with Gasteiger partial charge < -0.3 is 16.4 Å². The molecule has 0 saturated heterocycles. The lowest BCUT2D eigenvalue weighted by Crippen LogP contribution is -2.31. The van der Waals surface area contributed by atoms with Crippen LogP contribution in [0.25, 0.3) is 0 Å². The number of nitrogens with one attached hydrogen (secondary N) is 2. The number of thioether (sulfide) groups is 1. The molecule has 2 aromatic carbocycles. The molecular weight excluding hydrogens is 393 g/mol. The molecule has 0 aliphatic heterocycles. The molecule has 0 aromatic heterocycles. The molecule has 0 fully saturated rings. The highest BCUT2D eigenvalue weighted by Gasteiger charge is 2.13. The van der Waals surface area contributed by atoms with Crippen molar-refractivity contribution in [3.63, 3.8) is 0 Å². The van der Waals surface area contributed by atoms with Crippen molar-refractivity contribution in [3.05, 3.63) is 58.1 Å². The third kappa shape index (κ3) is 6.12. The summed E-state index contributed by atoms with van der Waals surface area (Å²) in [6, 6.07) is 12.0. The highest BCUT2D eigenvalue weighted by Crippen LogP contribution is 2.28. The number of urea groups is 1. The summed E-state index contributed by atoms with van der Waals surface area (Å²) in [5, 5.41) is 6.59. The van der Waals surface area contributed by atoms with Gasteiger partial charge >= 0.3 is 6.03 Å². The van der Waals surface area contributed by atoms with Gasteiger partial charge in [0.2, 0.25) is 5.91 Å². The van der Waals surface area contributed by atoms with Gasteiger partial charge in [-0.3, -0.25) is 4.79 Å². The third-order valence-corrected chi connectivity index (χ3v) is 5.35. The number of hydrogen-bond acceptors (Lipinski definition) is 3. The molecule has 0 bridgehead atoms. The summed E-state index contributed by atoms with van der Waals surface area (Å²) in [7, 11) is 0. The average molecular weight is 412 g/mol. The van der Waals surface area contributed by atoms with E-state index < -0.39 is 0 Å². The van der Waals surface area contributed by atoms with Crippen molar-refractivity contribution in [2.24, 2.45) is 5.73 Å². The fourth-order valence-electron chi connectivity index (χ4n) is 2.18. The van der Waals surface area contributed by atoms with Gasteiger partial charge in [-0.05, 0) is 36.8 Å². The molecule has 8 heteroatoms. The van der Waals surface area contributed by atoms with Crippen LogP contribution >= 0.6 is 35.0 Å². The average Bonchev–Trinajstić information content (AvgIpc) is 2.58. The second-order valence-electron chi connectivity index (χ2n) is 5.55. The van der Waals surface area contributed by atoms with Gasteiger partial charge in [-0.2, -0.15) is 0 Å². The van der Waals surface area contributed by atoms with Gasteiger partial charge in [0, 0.05) is 17.1 Å². The summed E-state index contributed by atoms with van der Waals surface area (Å²) in [4.78, 5) is 24.0. The summed E-state index contributed by atoms with van der Waals surface area (Å²) in [6.07, 6.45) is 0.277. The summed E-state index contributed by atoms with van der Waals surface area (Å²) >= 11 is 13.4. The van der Waals surface area contributed by atoms with E-state index in [0.717, 1.165) is 10.5 Å². The minimum Gasteiger partial charge on any atom is -0.370 e. The third-order valence-electron chi connectivity index (χ3n) is 3.53. The van der Waals surface area contributed by atoms with Crippen molar-refractivity contribution in [2.45, 2.75) is 24.3 Å². The lowest BCUT2D eigenvalue weighted by molar-refractivity contribution is -0.117. The van der Waals surface area contributed by atoms with Gasteiger partial charge in [0.1, 0.15) is 0 Å². The Morgan fingerprint density at radius 1 is 1.15 bits per heavy atom. The second-order valence-corrected chi connectivity index (χ2v) is 7.51. The SMILES string of the molecule is CC(NC(=O)Nc1ccccc1SCCC(N)=O)c1ccc(Cl)c(Cl)c1. The molecule has 1 unspecified atom stereocenters. The standard InChI is InChI=1S/C18H19Cl2N3O2S/c1-11(12-6-7-13(19)14(20)10-12)22-18(25)23-15-4-2-3-5-16(15)26-9-8-17(21)24/h2-7,10-11H,8-9H2,1H3,(H2,21,24)(H2,22,23,25). The highest BCUT2D eigenvalue weighted by molar-refractivity contribution is 7.99. The summed E-state index contributed by atoms with van der Waals surface area (Å²) in [5.41, 5.74) is 6.67. The van der Waals surface area contributed by atoms with E-state index in [1.54, 1.807) is 18.2 Å². The van der Waals surface area contributed by atoms with Gasteiger partial charge in [-0.25, -0.2) is 4.79 Å². The Bertz CT molecular complexity index is 802. The molecule has 0 heterocycles. The summed E-state index contributed by atoms with van der Waals surface area (Å²) in [6.45, 7) is 1.85. The van der Waals surface area contributed by atoms with Crippen molar-refractivity contribution in [3.8, 4) is 0 Å². The van der Waals surface area contributed by atoms with Crippen LogP contribution in [0.5, 0.6) is 0 Å². The van der Waals surface area contributed by atoms with Crippen LogP contribution in [0.15, 0.2) is 47.4 Å². The van der Waals surface area contributed by atoms with Crippen LogP contribution in [0.1, 0.15) is 24.9 Å². The van der Waals surface area contributed by atoms with Crippen molar-refractivity contribution in [2.75, 3.05) is 11.1 Å². The Balaban J connectivity index is 1.98. The number of amides is 3. The first-order valence-corrected chi connectivity index (χ1v) is 9.63. The number of para-hydroxylation sites is 1. The van der Waals surface area contributed by atoms with Crippen LogP contribution in [0.3, 0.4) is 0 Å². The van der Waals surface area contributed by atoms with Gasteiger partial charge in [0.25, 0.3) is 0 Å². The zero-order chi connectivity index (χ0) is 19.1. The number of primary amides is 1. The van der Waals surface area contributed by atoms with Gasteiger partial charge in [0.15, 0.2) is 0 Å². The van der Waals surface area contributed by atoms with Gasteiger partial charge in [0.05, 0.1) is 21.8 Å². The van der Waals surface area contributed by atoms with Gasteiger partial charge in [-0.15, -0.1) is 11.8 Å². The van der Waals surface area contributed by atoms with Crippen LogP contribution in [-0.4, -0.2) is 17.7 Å². The maximum absolute atomic E-state index is 12.3. The van der Waals surface area contributed by atoms with E-state index in [1.807, 2.05) is 31.2 Å². The number of nitrogens with two attached hydrogens (primary N) is 1. The molecule has 0 spiro atoms. The van der Waals surface area contributed by atoms with Crippen LogP contribution in [0.2, 0.25) is 10.0 Å². The Labute approximate surface area is 166 Å². The zero-order valence-corrected chi connectivity index (χ0v) is 16.4. The van der Waals surface area contributed by atoms with Crippen LogP contribution in [0.4, 0.5) is 10.5 Å². The quantitative estimate of drug-likeness (QED) is 0.569. The number of rotatable bonds is 7. The first kappa shape index (κ1) is 20.4. The Morgan fingerprint density at radius 2 is 1.88 bits per heavy atom. The monoisotopic (exact) mass is 411 g/mol. The van der Waals surface area contributed by atoms with Crippen LogP contribution in [-0.2, 0) is 4.79 Å². The maximum Gasteiger partial charge on any atom is 0.319 e. The summed E-state index contributed by atoms with van der Waals surface area (Å²) < 4.78 is 0. The topological polar surface area (TPSA) is 84.2 Å². The van der Waals surface area contributed by atoms with E-state index in [9.17, 15) is 9.59 Å². The number of benzene rings is 2. The predicted octanol–water partition coefficient (Wildman–Crippen LogP) is 4.84. The van der Waals surface area contributed by atoms with Crippen molar-refractivity contribution >= 4 is 52.6 Å². The molecule has 2 aromatic rings. The number of hydrogen-bond donors (Lipinski definition) is 3. The molecule has 0 radical (unpaired) electrons.